The Kier molecular flexibility index (Phi) is 6.47. The zero-order valence-electron chi connectivity index (χ0n) is 18.9. The lowest BCUT2D eigenvalue weighted by molar-refractivity contribution is -0.139. The Morgan fingerprint density at radius 2 is 1.97 bits per heavy atom. The van der Waals surface area contributed by atoms with E-state index < -0.39 is 18.6 Å². The second-order valence-electron chi connectivity index (χ2n) is 7.59. The third-order valence-corrected chi connectivity index (χ3v) is 6.26. The molecule has 1 aromatic carbocycles. The van der Waals surface area contributed by atoms with Gasteiger partial charge in [-0.25, -0.2) is 9.79 Å². The first-order chi connectivity index (χ1) is 16.2. The molecule has 3 heterocycles. The first kappa shape index (κ1) is 23.6. The number of carbonyl (C=O) groups is 1. The number of fused-ring (bicyclic) bond motifs is 1. The third-order valence-electron chi connectivity index (χ3n) is 5.28. The van der Waals surface area contributed by atoms with Crippen LogP contribution in [0.1, 0.15) is 36.7 Å². The van der Waals surface area contributed by atoms with Gasteiger partial charge in [-0.3, -0.25) is 14.0 Å². The van der Waals surface area contributed by atoms with E-state index >= 15 is 0 Å². The van der Waals surface area contributed by atoms with Crippen molar-refractivity contribution in [3.8, 4) is 5.75 Å². The van der Waals surface area contributed by atoms with Gasteiger partial charge in [0.1, 0.15) is 5.75 Å². The number of hydrogen-bond donors (Lipinski definition) is 0. The minimum absolute atomic E-state index is 0.0309. The Hall–Kier alpha value is -3.60. The number of benzene rings is 1. The number of alkyl halides is 2. The van der Waals surface area contributed by atoms with Crippen molar-refractivity contribution in [3.05, 3.63) is 78.2 Å². The molecule has 0 bridgehead atoms. The molecule has 0 spiro atoms. The highest BCUT2D eigenvalue weighted by atomic mass is 32.1. The fraction of sp³-hybridized carbons (Fsp3) is 0.304. The zero-order chi connectivity index (χ0) is 24.6. The van der Waals surface area contributed by atoms with Crippen molar-refractivity contribution in [3.63, 3.8) is 0 Å². The minimum atomic E-state index is -2.96. The predicted octanol–water partition coefficient (Wildman–Crippen LogP) is 2.44. The lowest BCUT2D eigenvalue weighted by Gasteiger charge is -2.24. The molecule has 0 amide bonds. The molecule has 4 rings (SSSR count). The number of rotatable bonds is 6. The molecule has 1 aliphatic rings. The number of carbonyl (C=O) groups excluding carboxylic acids is 1. The van der Waals surface area contributed by atoms with Gasteiger partial charge in [-0.2, -0.15) is 13.9 Å². The van der Waals surface area contributed by atoms with Gasteiger partial charge in [0.2, 0.25) is 0 Å². The van der Waals surface area contributed by atoms with Crippen LogP contribution in [0.4, 0.5) is 8.78 Å². The summed E-state index contributed by atoms with van der Waals surface area (Å²) in [6, 6.07) is 4.99. The van der Waals surface area contributed by atoms with E-state index in [-0.39, 0.29) is 23.5 Å². The summed E-state index contributed by atoms with van der Waals surface area (Å²) in [4.78, 5) is 31.3. The highest BCUT2D eigenvalue weighted by Crippen LogP contribution is 2.31. The first-order valence-corrected chi connectivity index (χ1v) is 11.3. The van der Waals surface area contributed by atoms with Gasteiger partial charge in [0.25, 0.3) is 5.56 Å². The summed E-state index contributed by atoms with van der Waals surface area (Å²) >= 11 is 1.20. The Morgan fingerprint density at radius 1 is 1.26 bits per heavy atom. The fourth-order valence-corrected chi connectivity index (χ4v) is 4.88. The molecule has 1 aliphatic heterocycles. The van der Waals surface area contributed by atoms with Crippen LogP contribution in [-0.4, -0.2) is 33.5 Å². The van der Waals surface area contributed by atoms with Gasteiger partial charge in [0.15, 0.2) is 4.80 Å². The maximum atomic E-state index is 13.5. The van der Waals surface area contributed by atoms with E-state index in [4.69, 9.17) is 4.74 Å². The Balaban J connectivity index is 1.91. The first-order valence-electron chi connectivity index (χ1n) is 10.4. The molecule has 11 heteroatoms. The van der Waals surface area contributed by atoms with Gasteiger partial charge in [-0.05, 0) is 44.5 Å². The molecular weight excluding hydrogens is 466 g/mol. The number of esters is 1. The van der Waals surface area contributed by atoms with E-state index in [1.165, 1.54) is 28.0 Å². The Bertz CT molecular complexity index is 1450. The van der Waals surface area contributed by atoms with E-state index in [1.54, 1.807) is 43.8 Å². The monoisotopic (exact) mass is 488 g/mol. The number of aromatic nitrogens is 3. The van der Waals surface area contributed by atoms with Crippen LogP contribution in [0, 0.1) is 6.92 Å². The molecule has 1 unspecified atom stereocenters. The molecule has 0 aliphatic carbocycles. The Morgan fingerprint density at radius 3 is 2.56 bits per heavy atom. The summed E-state index contributed by atoms with van der Waals surface area (Å²) in [6.45, 7) is 2.39. The molecule has 0 radical (unpaired) electrons. The molecule has 0 N–H and O–H groups in total. The summed E-state index contributed by atoms with van der Waals surface area (Å²) in [5.74, 6) is -0.629. The van der Waals surface area contributed by atoms with Crippen LogP contribution in [0.5, 0.6) is 5.75 Å². The quantitative estimate of drug-likeness (QED) is 0.498. The smallest absolute Gasteiger partial charge is 0.387 e. The molecule has 0 fully saturated rings. The summed E-state index contributed by atoms with van der Waals surface area (Å²) in [5, 5.41) is 4.30. The second kappa shape index (κ2) is 9.34. The van der Waals surface area contributed by atoms with E-state index in [0.717, 1.165) is 11.3 Å². The summed E-state index contributed by atoms with van der Waals surface area (Å²) in [6.07, 6.45) is 3.55. The van der Waals surface area contributed by atoms with Crippen LogP contribution in [0.2, 0.25) is 0 Å². The number of thiazole rings is 1. The number of hydrogen-bond acceptors (Lipinski definition) is 7. The van der Waals surface area contributed by atoms with E-state index in [1.807, 2.05) is 13.1 Å². The maximum absolute atomic E-state index is 13.5. The minimum Gasteiger partial charge on any atom is -0.463 e. The van der Waals surface area contributed by atoms with Crippen LogP contribution in [0.3, 0.4) is 0 Å². The van der Waals surface area contributed by atoms with Gasteiger partial charge >= 0.3 is 12.6 Å². The van der Waals surface area contributed by atoms with Crippen molar-refractivity contribution < 1.29 is 23.0 Å². The SMILES string of the molecule is CCOC(=O)C1=C(C)N=c2s/c(=C/c3cn(C)nc3C)c(=O)n2C1c1ccc(OC(F)F)cc1. The average Bonchev–Trinajstić information content (AvgIpc) is 3.25. The largest absolute Gasteiger partial charge is 0.463 e. The molecule has 0 saturated heterocycles. The van der Waals surface area contributed by atoms with Crippen molar-refractivity contribution in [1.29, 1.82) is 0 Å². The molecule has 0 saturated carbocycles. The van der Waals surface area contributed by atoms with Gasteiger partial charge in [0.05, 0.1) is 34.1 Å². The highest BCUT2D eigenvalue weighted by Gasteiger charge is 2.33. The van der Waals surface area contributed by atoms with Crippen LogP contribution in [0.15, 0.2) is 51.5 Å². The molecule has 8 nitrogen and oxygen atoms in total. The molecule has 2 aromatic heterocycles. The highest BCUT2D eigenvalue weighted by molar-refractivity contribution is 7.07. The van der Waals surface area contributed by atoms with Crippen molar-refractivity contribution >= 4 is 23.4 Å². The van der Waals surface area contributed by atoms with Crippen LogP contribution in [0.25, 0.3) is 6.08 Å². The van der Waals surface area contributed by atoms with Crippen molar-refractivity contribution in [2.75, 3.05) is 6.61 Å². The van der Waals surface area contributed by atoms with Crippen molar-refractivity contribution in [2.24, 2.45) is 12.0 Å². The van der Waals surface area contributed by atoms with Crippen molar-refractivity contribution in [2.45, 2.75) is 33.4 Å². The Labute approximate surface area is 197 Å². The topological polar surface area (TPSA) is 87.7 Å². The lowest BCUT2D eigenvalue weighted by atomic mass is 9.96. The van der Waals surface area contributed by atoms with E-state index in [0.29, 0.717) is 20.6 Å². The summed E-state index contributed by atoms with van der Waals surface area (Å²) in [5.41, 5.74) is 2.38. The normalized spacial score (nSPS) is 16.0. The third kappa shape index (κ3) is 4.43. The summed E-state index contributed by atoms with van der Waals surface area (Å²) in [7, 11) is 1.79. The number of aryl methyl sites for hydroxylation is 2. The fourth-order valence-electron chi connectivity index (χ4n) is 3.84. The zero-order valence-corrected chi connectivity index (χ0v) is 19.7. The number of allylic oxidation sites excluding steroid dienone is 1. The van der Waals surface area contributed by atoms with Crippen LogP contribution >= 0.6 is 11.3 Å². The van der Waals surface area contributed by atoms with Crippen molar-refractivity contribution in [1.82, 2.24) is 14.3 Å². The molecule has 3 aromatic rings. The van der Waals surface area contributed by atoms with Crippen LogP contribution in [-0.2, 0) is 16.6 Å². The number of nitrogens with zero attached hydrogens (tertiary/aromatic N) is 4. The molecule has 178 valence electrons. The van der Waals surface area contributed by atoms with Crippen LogP contribution < -0.4 is 19.6 Å². The van der Waals surface area contributed by atoms with Gasteiger partial charge in [-0.15, -0.1) is 0 Å². The standard InChI is InChI=1S/C23H22F2N4O4S/c1-5-32-21(31)18-13(3)26-23-29(19(18)14-6-8-16(9-7-14)33-22(24)25)20(30)17(34-23)10-15-11-28(4)27-12(15)2/h6-11,19,22H,5H2,1-4H3/b17-10+. The summed E-state index contributed by atoms with van der Waals surface area (Å²) < 4.78 is 38.4. The molecule has 1 atom stereocenters. The lowest BCUT2D eigenvalue weighted by Crippen LogP contribution is -2.39. The predicted molar refractivity (Wildman–Crippen MR) is 121 cm³/mol. The van der Waals surface area contributed by atoms with Gasteiger partial charge in [0, 0.05) is 18.8 Å². The van der Waals surface area contributed by atoms with E-state index in [9.17, 15) is 18.4 Å². The van der Waals surface area contributed by atoms with E-state index in [2.05, 4.69) is 14.8 Å². The van der Waals surface area contributed by atoms with Gasteiger partial charge in [-0.1, -0.05) is 23.5 Å². The molecular formula is C23H22F2N4O4S. The van der Waals surface area contributed by atoms with Gasteiger partial charge < -0.3 is 9.47 Å². The number of halogens is 2. The number of ether oxygens (including phenoxy) is 2. The average molecular weight is 489 g/mol. The maximum Gasteiger partial charge on any atom is 0.387 e. The molecule has 34 heavy (non-hydrogen) atoms. The second-order valence-corrected chi connectivity index (χ2v) is 8.60.